The molecule has 0 saturated heterocycles. The molecular weight excluding hydrogens is 260 g/mol. The van der Waals surface area contributed by atoms with Gasteiger partial charge in [0, 0.05) is 10.6 Å². The molecule has 0 radical (unpaired) electrons. The van der Waals surface area contributed by atoms with Crippen LogP contribution in [-0.4, -0.2) is 11.1 Å². The van der Waals surface area contributed by atoms with Gasteiger partial charge < -0.3 is 9.84 Å². The maximum atomic E-state index is 10.9. The van der Waals surface area contributed by atoms with E-state index in [-0.39, 0.29) is 6.61 Å². The van der Waals surface area contributed by atoms with Crippen LogP contribution < -0.4 is 4.74 Å². The van der Waals surface area contributed by atoms with E-state index in [1.54, 1.807) is 35.7 Å². The van der Waals surface area contributed by atoms with Crippen LogP contribution in [0.25, 0.3) is 0 Å². The fourth-order valence-corrected chi connectivity index (χ4v) is 2.20. The normalized spacial score (nSPS) is 10.2. The molecule has 0 unspecified atom stereocenters. The topological polar surface area (TPSA) is 46.5 Å². The third-order valence-corrected chi connectivity index (χ3v) is 3.35. The molecule has 0 atom stereocenters. The first-order valence-corrected chi connectivity index (χ1v) is 6.10. The van der Waals surface area contributed by atoms with Crippen LogP contribution >= 0.6 is 22.9 Å². The van der Waals surface area contributed by atoms with Crippen LogP contribution in [0.1, 0.15) is 15.2 Å². The van der Waals surface area contributed by atoms with Gasteiger partial charge in [0.05, 0.1) is 0 Å². The first kappa shape index (κ1) is 12.0. The Morgan fingerprint density at radius 3 is 2.65 bits per heavy atom. The number of aromatic carboxylic acids is 1. The molecule has 0 aliphatic heterocycles. The molecular formula is C12H9ClO3S. The highest BCUT2D eigenvalue weighted by Crippen LogP contribution is 2.20. The number of ether oxygens (including phenoxy) is 1. The molecule has 0 amide bonds. The molecule has 2 aromatic rings. The van der Waals surface area contributed by atoms with Crippen LogP contribution in [0, 0.1) is 0 Å². The molecule has 0 bridgehead atoms. The summed E-state index contributed by atoms with van der Waals surface area (Å²) in [5.74, 6) is -0.258. The number of thiophene rings is 1. The van der Waals surface area contributed by atoms with Crippen molar-refractivity contribution >= 4 is 28.9 Å². The minimum Gasteiger partial charge on any atom is -0.489 e. The number of carboxylic acids is 1. The van der Waals surface area contributed by atoms with Crippen molar-refractivity contribution in [1.29, 1.82) is 0 Å². The summed E-state index contributed by atoms with van der Waals surface area (Å²) in [5.41, 5.74) is 0.678. The van der Waals surface area contributed by atoms with Gasteiger partial charge in [-0.25, -0.2) is 4.79 Å². The first-order valence-electron chi connectivity index (χ1n) is 4.85. The lowest BCUT2D eigenvalue weighted by atomic mass is 10.3. The molecule has 1 aromatic carbocycles. The SMILES string of the molecule is O=C(O)c1sccc1COc1ccc(Cl)cc1. The third-order valence-electron chi connectivity index (χ3n) is 2.15. The van der Waals surface area contributed by atoms with Gasteiger partial charge >= 0.3 is 5.97 Å². The summed E-state index contributed by atoms with van der Waals surface area (Å²) in [4.78, 5) is 11.2. The largest absolute Gasteiger partial charge is 0.489 e. The van der Waals surface area contributed by atoms with Crippen LogP contribution in [-0.2, 0) is 6.61 Å². The summed E-state index contributed by atoms with van der Waals surface area (Å²) in [6, 6.07) is 8.69. The zero-order chi connectivity index (χ0) is 12.3. The fourth-order valence-electron chi connectivity index (χ4n) is 1.33. The lowest BCUT2D eigenvalue weighted by Gasteiger charge is -2.05. The van der Waals surface area contributed by atoms with E-state index in [2.05, 4.69) is 0 Å². The Bertz CT molecular complexity index is 519. The Morgan fingerprint density at radius 1 is 1.29 bits per heavy atom. The Hall–Kier alpha value is -1.52. The molecule has 0 fully saturated rings. The lowest BCUT2D eigenvalue weighted by molar-refractivity contribution is 0.0699. The average molecular weight is 269 g/mol. The third kappa shape index (κ3) is 2.99. The number of halogens is 1. The summed E-state index contributed by atoms with van der Waals surface area (Å²) < 4.78 is 5.48. The van der Waals surface area contributed by atoms with E-state index in [9.17, 15) is 4.79 Å². The van der Waals surface area contributed by atoms with E-state index in [1.807, 2.05) is 0 Å². The van der Waals surface area contributed by atoms with Crippen LogP contribution in [0.5, 0.6) is 5.75 Å². The van der Waals surface area contributed by atoms with Crippen LogP contribution in [0.4, 0.5) is 0 Å². The van der Waals surface area contributed by atoms with E-state index < -0.39 is 5.97 Å². The van der Waals surface area contributed by atoms with E-state index >= 15 is 0 Å². The van der Waals surface area contributed by atoms with Crippen molar-refractivity contribution in [2.45, 2.75) is 6.61 Å². The van der Waals surface area contributed by atoms with Crippen molar-refractivity contribution in [3.63, 3.8) is 0 Å². The minimum absolute atomic E-state index is 0.243. The highest BCUT2D eigenvalue weighted by Gasteiger charge is 2.11. The van der Waals surface area contributed by atoms with Crippen molar-refractivity contribution in [1.82, 2.24) is 0 Å². The zero-order valence-corrected chi connectivity index (χ0v) is 10.3. The van der Waals surface area contributed by atoms with E-state index in [0.29, 0.717) is 21.2 Å². The second kappa shape index (κ2) is 5.21. The molecule has 0 aliphatic carbocycles. The molecule has 1 N–H and O–H groups in total. The second-order valence-electron chi connectivity index (χ2n) is 3.32. The Morgan fingerprint density at radius 2 is 2.00 bits per heavy atom. The lowest BCUT2D eigenvalue weighted by Crippen LogP contribution is -2.01. The van der Waals surface area contributed by atoms with Gasteiger partial charge in [-0.1, -0.05) is 11.6 Å². The summed E-state index contributed by atoms with van der Waals surface area (Å²) in [7, 11) is 0. The van der Waals surface area contributed by atoms with Gasteiger partial charge in [-0.05, 0) is 35.7 Å². The summed E-state index contributed by atoms with van der Waals surface area (Å²) >= 11 is 6.94. The van der Waals surface area contributed by atoms with E-state index in [0.717, 1.165) is 0 Å². The van der Waals surface area contributed by atoms with Crippen molar-refractivity contribution < 1.29 is 14.6 Å². The minimum atomic E-state index is -0.922. The molecule has 0 saturated carbocycles. The van der Waals surface area contributed by atoms with Gasteiger partial charge in [0.2, 0.25) is 0 Å². The summed E-state index contributed by atoms with van der Waals surface area (Å²) in [6.07, 6.45) is 0. The molecule has 2 rings (SSSR count). The van der Waals surface area contributed by atoms with Crippen molar-refractivity contribution in [3.05, 3.63) is 51.2 Å². The maximum absolute atomic E-state index is 10.9. The smallest absolute Gasteiger partial charge is 0.346 e. The fraction of sp³-hybridized carbons (Fsp3) is 0.0833. The quantitative estimate of drug-likeness (QED) is 0.920. The molecule has 5 heteroatoms. The standard InChI is InChI=1S/C12H9ClO3S/c13-9-1-3-10(4-2-9)16-7-8-5-6-17-11(8)12(14)15/h1-6H,7H2,(H,14,15). The summed E-state index contributed by atoms with van der Waals surface area (Å²) in [6.45, 7) is 0.243. The molecule has 1 aromatic heterocycles. The first-order chi connectivity index (χ1) is 8.16. The predicted octanol–water partition coefficient (Wildman–Crippen LogP) is 3.68. The molecule has 0 spiro atoms. The van der Waals surface area contributed by atoms with E-state index in [1.165, 1.54) is 11.3 Å². The molecule has 17 heavy (non-hydrogen) atoms. The van der Waals surface area contributed by atoms with Gasteiger partial charge in [-0.3, -0.25) is 0 Å². The van der Waals surface area contributed by atoms with Gasteiger partial charge in [-0.2, -0.15) is 0 Å². The van der Waals surface area contributed by atoms with Gasteiger partial charge in [-0.15, -0.1) is 11.3 Å². The number of hydrogen-bond donors (Lipinski definition) is 1. The van der Waals surface area contributed by atoms with Gasteiger partial charge in [0.25, 0.3) is 0 Å². The number of carboxylic acid groups (broad SMARTS) is 1. The van der Waals surface area contributed by atoms with E-state index in [4.69, 9.17) is 21.4 Å². The predicted molar refractivity (Wildman–Crippen MR) is 67.1 cm³/mol. The number of hydrogen-bond acceptors (Lipinski definition) is 3. The zero-order valence-electron chi connectivity index (χ0n) is 8.72. The number of benzene rings is 1. The van der Waals surface area contributed by atoms with Gasteiger partial charge in [0.1, 0.15) is 17.2 Å². The van der Waals surface area contributed by atoms with Crippen molar-refractivity contribution in [3.8, 4) is 5.75 Å². The Balaban J connectivity index is 2.05. The maximum Gasteiger partial charge on any atom is 0.346 e. The molecule has 1 heterocycles. The highest BCUT2D eigenvalue weighted by atomic mass is 35.5. The average Bonchev–Trinajstić information content (AvgIpc) is 2.76. The molecule has 0 aliphatic rings. The number of carbonyl (C=O) groups is 1. The Labute approximate surface area is 107 Å². The monoisotopic (exact) mass is 268 g/mol. The highest BCUT2D eigenvalue weighted by molar-refractivity contribution is 7.12. The van der Waals surface area contributed by atoms with Crippen LogP contribution in [0.2, 0.25) is 5.02 Å². The second-order valence-corrected chi connectivity index (χ2v) is 4.68. The van der Waals surface area contributed by atoms with Crippen molar-refractivity contribution in [2.75, 3.05) is 0 Å². The Kier molecular flexibility index (Phi) is 3.66. The molecule has 3 nitrogen and oxygen atoms in total. The van der Waals surface area contributed by atoms with Crippen molar-refractivity contribution in [2.24, 2.45) is 0 Å². The number of rotatable bonds is 4. The van der Waals surface area contributed by atoms with Gasteiger partial charge in [0.15, 0.2) is 0 Å². The van der Waals surface area contributed by atoms with Crippen LogP contribution in [0.3, 0.4) is 0 Å². The van der Waals surface area contributed by atoms with Crippen LogP contribution in [0.15, 0.2) is 35.7 Å². The summed E-state index contributed by atoms with van der Waals surface area (Å²) in [5, 5.41) is 11.3. The molecule has 88 valence electrons.